The largest absolute Gasteiger partial charge is 0.458 e. The number of rotatable bonds is 3. The van der Waals surface area contributed by atoms with Crippen molar-refractivity contribution >= 4 is 11.9 Å². The Morgan fingerprint density at radius 1 is 1.43 bits per heavy atom. The van der Waals surface area contributed by atoms with Crippen LogP contribution in [0.25, 0.3) is 0 Å². The molecular formula is C17H22O6. The number of carbonyl (C=O) groups is 2. The van der Waals surface area contributed by atoms with Crippen LogP contribution in [0, 0.1) is 11.3 Å². The van der Waals surface area contributed by atoms with E-state index in [1.807, 2.05) is 13.8 Å². The van der Waals surface area contributed by atoms with Crippen LogP contribution < -0.4 is 0 Å². The maximum absolute atomic E-state index is 12.5. The fourth-order valence-corrected chi connectivity index (χ4v) is 5.19. The van der Waals surface area contributed by atoms with E-state index in [9.17, 15) is 14.7 Å². The number of hydrogen-bond donors (Lipinski definition) is 1. The molecule has 126 valence electrons. The van der Waals surface area contributed by atoms with E-state index in [1.165, 1.54) is 0 Å². The molecule has 0 aromatic rings. The molecule has 0 bridgehead atoms. The topological polar surface area (TPSA) is 85.4 Å². The number of ether oxygens (including phenoxy) is 3. The molecule has 0 amide bonds. The van der Waals surface area contributed by atoms with Crippen molar-refractivity contribution < 1.29 is 28.9 Å². The normalized spacial score (nSPS) is 51.2. The van der Waals surface area contributed by atoms with Gasteiger partial charge in [-0.1, -0.05) is 19.1 Å². The van der Waals surface area contributed by atoms with Crippen molar-refractivity contribution in [2.45, 2.75) is 69.5 Å². The van der Waals surface area contributed by atoms with E-state index in [1.54, 1.807) is 6.92 Å². The zero-order valence-corrected chi connectivity index (χ0v) is 13.6. The molecule has 6 heteroatoms. The molecule has 1 saturated carbocycles. The molecule has 3 heterocycles. The number of aliphatic hydroxyl groups is 1. The molecule has 6 nitrogen and oxygen atoms in total. The van der Waals surface area contributed by atoms with Crippen LogP contribution in [0.2, 0.25) is 0 Å². The number of epoxide rings is 1. The van der Waals surface area contributed by atoms with Gasteiger partial charge in [0.15, 0.2) is 6.10 Å². The third kappa shape index (κ3) is 1.47. The van der Waals surface area contributed by atoms with Crippen molar-refractivity contribution in [3.63, 3.8) is 0 Å². The van der Waals surface area contributed by atoms with Crippen molar-refractivity contribution in [2.75, 3.05) is 0 Å². The highest BCUT2D eigenvalue weighted by atomic mass is 16.7. The van der Waals surface area contributed by atoms with Gasteiger partial charge in [-0.25, -0.2) is 4.79 Å². The Morgan fingerprint density at radius 3 is 2.74 bits per heavy atom. The first-order valence-electron chi connectivity index (χ1n) is 8.17. The van der Waals surface area contributed by atoms with Gasteiger partial charge in [-0.05, 0) is 20.3 Å². The molecule has 5 unspecified atom stereocenters. The van der Waals surface area contributed by atoms with Crippen LogP contribution in [0.4, 0.5) is 0 Å². The quantitative estimate of drug-likeness (QED) is 0.476. The third-order valence-corrected chi connectivity index (χ3v) is 6.56. The van der Waals surface area contributed by atoms with Gasteiger partial charge in [-0.15, -0.1) is 0 Å². The molecule has 0 radical (unpaired) electrons. The minimum Gasteiger partial charge on any atom is -0.458 e. The maximum Gasteiger partial charge on any atom is 0.342 e. The van der Waals surface area contributed by atoms with Gasteiger partial charge in [-0.3, -0.25) is 4.79 Å². The highest BCUT2D eigenvalue weighted by molar-refractivity contribution is 5.90. The lowest BCUT2D eigenvalue weighted by molar-refractivity contribution is -0.165. The van der Waals surface area contributed by atoms with E-state index < -0.39 is 40.8 Å². The summed E-state index contributed by atoms with van der Waals surface area (Å²) in [5.41, 5.74) is -2.58. The molecule has 0 aromatic carbocycles. The number of hydrogen-bond acceptors (Lipinski definition) is 6. The fourth-order valence-electron chi connectivity index (χ4n) is 5.19. The molecule has 1 N–H and O–H groups in total. The van der Waals surface area contributed by atoms with Gasteiger partial charge in [0.25, 0.3) is 0 Å². The fraction of sp³-hybridized carbons (Fsp3) is 0.765. The summed E-state index contributed by atoms with van der Waals surface area (Å²) in [6.45, 7) is 9.64. The monoisotopic (exact) mass is 322 g/mol. The highest BCUT2D eigenvalue weighted by Gasteiger charge is 2.91. The minimum atomic E-state index is -1.34. The van der Waals surface area contributed by atoms with Crippen molar-refractivity contribution in [1.82, 2.24) is 0 Å². The Bertz CT molecular complexity index is 629. The molecule has 3 saturated heterocycles. The van der Waals surface area contributed by atoms with Crippen molar-refractivity contribution in [3.8, 4) is 0 Å². The Labute approximate surface area is 134 Å². The lowest BCUT2D eigenvalue weighted by Gasteiger charge is -2.42. The van der Waals surface area contributed by atoms with Crippen LogP contribution in [0.3, 0.4) is 0 Å². The van der Waals surface area contributed by atoms with Crippen LogP contribution in [0.15, 0.2) is 12.2 Å². The molecule has 4 fully saturated rings. The Morgan fingerprint density at radius 2 is 2.13 bits per heavy atom. The van der Waals surface area contributed by atoms with E-state index in [0.29, 0.717) is 6.42 Å². The summed E-state index contributed by atoms with van der Waals surface area (Å²) in [5.74, 6) is -1.03. The summed E-state index contributed by atoms with van der Waals surface area (Å²) in [5, 5.41) is 11.2. The van der Waals surface area contributed by atoms with Crippen LogP contribution in [0.1, 0.15) is 40.0 Å². The van der Waals surface area contributed by atoms with Crippen LogP contribution >= 0.6 is 0 Å². The standard InChI is InChI=1S/C17H22O6/c1-5-9(8(2)3)12-13-15(4)16(20,7-11(18)21-12)6-10-17(15,23-10)14(19)22-13/h9-10,12-13,20H,2,5-7H2,1,3-4H3/t9?,10-,12?,13?,15?,16?,17+/m1/s1. The Balaban J connectivity index is 1.86. The molecular weight excluding hydrogens is 300 g/mol. The third-order valence-electron chi connectivity index (χ3n) is 6.56. The summed E-state index contributed by atoms with van der Waals surface area (Å²) >= 11 is 0. The lowest BCUT2D eigenvalue weighted by atomic mass is 9.64. The Kier molecular flexibility index (Phi) is 2.74. The molecule has 7 atom stereocenters. The summed E-state index contributed by atoms with van der Waals surface area (Å²) < 4.78 is 17.0. The average Bonchev–Trinajstić information content (AvgIpc) is 3.07. The average molecular weight is 322 g/mol. The van der Waals surface area contributed by atoms with Crippen molar-refractivity contribution in [3.05, 3.63) is 12.2 Å². The smallest absolute Gasteiger partial charge is 0.342 e. The SMILES string of the molecule is C=C(C)C(CC)C1OC(=O)CC2(O)C[C@H]3O[C@]34C(=O)OC1C24C. The van der Waals surface area contributed by atoms with Gasteiger partial charge in [0.2, 0.25) is 5.60 Å². The molecule has 1 aliphatic carbocycles. The first kappa shape index (κ1) is 15.1. The number of esters is 2. The summed E-state index contributed by atoms with van der Waals surface area (Å²) in [6, 6.07) is 0. The molecule has 23 heavy (non-hydrogen) atoms. The highest BCUT2D eigenvalue weighted by Crippen LogP contribution is 2.72. The second-order valence-corrected chi connectivity index (χ2v) is 7.60. The number of carbonyl (C=O) groups excluding carboxylic acids is 2. The first-order chi connectivity index (χ1) is 10.7. The van der Waals surface area contributed by atoms with Gasteiger partial charge in [0.05, 0.1) is 17.4 Å². The molecule has 4 aliphatic rings. The van der Waals surface area contributed by atoms with Crippen molar-refractivity contribution in [2.24, 2.45) is 11.3 Å². The summed E-state index contributed by atoms with van der Waals surface area (Å²) in [4.78, 5) is 24.8. The van der Waals surface area contributed by atoms with E-state index in [0.717, 1.165) is 5.57 Å². The molecule has 3 aliphatic heterocycles. The lowest BCUT2D eigenvalue weighted by Crippen LogP contribution is -2.57. The zero-order chi connectivity index (χ0) is 16.8. The van der Waals surface area contributed by atoms with Crippen LogP contribution in [-0.4, -0.2) is 46.6 Å². The van der Waals surface area contributed by atoms with E-state index in [-0.39, 0.29) is 24.9 Å². The minimum absolute atomic E-state index is 0.135. The second-order valence-electron chi connectivity index (χ2n) is 7.60. The van der Waals surface area contributed by atoms with Crippen molar-refractivity contribution in [1.29, 1.82) is 0 Å². The van der Waals surface area contributed by atoms with E-state index in [4.69, 9.17) is 14.2 Å². The summed E-state index contributed by atoms with van der Waals surface area (Å²) in [7, 11) is 0. The molecule has 4 rings (SSSR count). The summed E-state index contributed by atoms with van der Waals surface area (Å²) in [6.07, 6.45) is -0.905. The van der Waals surface area contributed by atoms with E-state index in [2.05, 4.69) is 6.58 Å². The first-order valence-corrected chi connectivity index (χ1v) is 8.17. The van der Waals surface area contributed by atoms with Gasteiger partial charge >= 0.3 is 11.9 Å². The van der Waals surface area contributed by atoms with Gasteiger partial charge < -0.3 is 19.3 Å². The molecule has 1 spiro atoms. The van der Waals surface area contributed by atoms with Gasteiger partial charge in [0, 0.05) is 12.3 Å². The van der Waals surface area contributed by atoms with Gasteiger partial charge in [-0.2, -0.15) is 0 Å². The maximum atomic E-state index is 12.5. The zero-order valence-electron chi connectivity index (χ0n) is 13.6. The van der Waals surface area contributed by atoms with E-state index >= 15 is 0 Å². The predicted molar refractivity (Wildman–Crippen MR) is 78.2 cm³/mol. The Hall–Kier alpha value is -1.40. The predicted octanol–water partition coefficient (Wildman–Crippen LogP) is 1.11. The number of cyclic esters (lactones) is 1. The van der Waals surface area contributed by atoms with Crippen LogP contribution in [-0.2, 0) is 23.8 Å². The second kappa shape index (κ2) is 4.16. The van der Waals surface area contributed by atoms with Gasteiger partial charge in [0.1, 0.15) is 12.2 Å². The van der Waals surface area contributed by atoms with Crippen LogP contribution in [0.5, 0.6) is 0 Å². The molecule has 0 aromatic heterocycles.